The van der Waals surface area contributed by atoms with E-state index in [1.165, 1.54) is 18.0 Å². The summed E-state index contributed by atoms with van der Waals surface area (Å²) in [4.78, 5) is 20.1. The van der Waals surface area contributed by atoms with Crippen molar-refractivity contribution in [3.8, 4) is 5.75 Å². The number of rotatable bonds is 4. The van der Waals surface area contributed by atoms with Crippen LogP contribution in [0, 0.1) is 0 Å². The Morgan fingerprint density at radius 2 is 2.37 bits per heavy atom. The van der Waals surface area contributed by atoms with Crippen LogP contribution in [-0.4, -0.2) is 26.8 Å². The average molecular weight is 283 g/mol. The Hall–Kier alpha value is -1.89. The number of halogens is 1. The summed E-state index contributed by atoms with van der Waals surface area (Å²) in [5.41, 5.74) is -0.381. The molecule has 3 rings (SSSR count). The molecule has 100 valence electrons. The van der Waals surface area contributed by atoms with Gasteiger partial charge in [0.15, 0.2) is 11.0 Å². The summed E-state index contributed by atoms with van der Waals surface area (Å²) in [6.45, 7) is 0.152. The molecule has 0 N–H and O–H groups in total. The predicted octanol–water partition coefficient (Wildman–Crippen LogP) is 1.21. The molecule has 1 aliphatic rings. The van der Waals surface area contributed by atoms with E-state index < -0.39 is 0 Å². The average Bonchev–Trinajstić information content (AvgIpc) is 3.14. The van der Waals surface area contributed by atoms with Crippen molar-refractivity contribution in [3.63, 3.8) is 0 Å². The lowest BCUT2D eigenvalue weighted by Gasteiger charge is -2.05. The van der Waals surface area contributed by atoms with Crippen molar-refractivity contribution in [1.29, 1.82) is 0 Å². The van der Waals surface area contributed by atoms with Crippen LogP contribution in [0.5, 0.6) is 5.75 Å². The van der Waals surface area contributed by atoms with Crippen LogP contribution >= 0.6 is 11.6 Å². The largest absolute Gasteiger partial charge is 0.489 e. The SMILES string of the molecule is COc1c(Cl)ncn(Cc2nc(C3CC3)no2)c1=O. The molecule has 1 saturated carbocycles. The zero-order chi connectivity index (χ0) is 13.4. The molecule has 1 fully saturated rings. The quantitative estimate of drug-likeness (QED) is 0.784. The number of hydrogen-bond acceptors (Lipinski definition) is 6. The zero-order valence-electron chi connectivity index (χ0n) is 10.2. The van der Waals surface area contributed by atoms with E-state index in [1.54, 1.807) is 0 Å². The first-order valence-electron chi connectivity index (χ1n) is 5.80. The highest BCUT2D eigenvalue weighted by Gasteiger charge is 2.28. The van der Waals surface area contributed by atoms with Crippen molar-refractivity contribution in [3.05, 3.63) is 33.5 Å². The Balaban J connectivity index is 1.87. The number of nitrogens with zero attached hydrogens (tertiary/aromatic N) is 4. The van der Waals surface area contributed by atoms with Crippen molar-refractivity contribution in [2.24, 2.45) is 0 Å². The van der Waals surface area contributed by atoms with Gasteiger partial charge < -0.3 is 9.26 Å². The van der Waals surface area contributed by atoms with Gasteiger partial charge in [-0.2, -0.15) is 4.98 Å². The Labute approximate surface area is 113 Å². The van der Waals surface area contributed by atoms with E-state index in [-0.39, 0.29) is 23.0 Å². The lowest BCUT2D eigenvalue weighted by molar-refractivity contribution is 0.359. The molecule has 0 amide bonds. The molecule has 19 heavy (non-hydrogen) atoms. The van der Waals surface area contributed by atoms with Crippen LogP contribution in [0.3, 0.4) is 0 Å². The molecule has 0 bridgehead atoms. The molecule has 0 saturated heterocycles. The molecule has 2 aromatic rings. The second-order valence-electron chi connectivity index (χ2n) is 4.32. The van der Waals surface area contributed by atoms with Crippen LogP contribution in [0.4, 0.5) is 0 Å². The normalized spacial score (nSPS) is 14.6. The minimum atomic E-state index is -0.381. The van der Waals surface area contributed by atoms with E-state index in [2.05, 4.69) is 15.1 Å². The van der Waals surface area contributed by atoms with E-state index in [0.29, 0.717) is 17.6 Å². The smallest absolute Gasteiger partial charge is 0.297 e. The van der Waals surface area contributed by atoms with Crippen LogP contribution in [0.2, 0.25) is 5.15 Å². The first kappa shape index (κ1) is 12.2. The Kier molecular flexibility index (Phi) is 2.98. The summed E-state index contributed by atoms with van der Waals surface area (Å²) in [5, 5.41) is 3.92. The molecule has 2 aromatic heterocycles. The standard InChI is InChI=1S/C11H11ClN4O3/c1-18-8-9(12)13-5-16(11(8)17)4-7-14-10(15-19-7)6-2-3-6/h5-6H,2-4H2,1H3. The fourth-order valence-corrected chi connectivity index (χ4v) is 1.92. The van der Waals surface area contributed by atoms with E-state index in [1.807, 2.05) is 0 Å². The minimum absolute atomic E-state index is 0.00565. The van der Waals surface area contributed by atoms with Crippen molar-refractivity contribution in [2.75, 3.05) is 7.11 Å². The van der Waals surface area contributed by atoms with Crippen LogP contribution in [0.25, 0.3) is 0 Å². The third-order valence-electron chi connectivity index (χ3n) is 2.89. The molecule has 8 heteroatoms. The van der Waals surface area contributed by atoms with Gasteiger partial charge in [0, 0.05) is 5.92 Å². The van der Waals surface area contributed by atoms with Gasteiger partial charge in [-0.15, -0.1) is 0 Å². The highest BCUT2D eigenvalue weighted by Crippen LogP contribution is 2.38. The number of methoxy groups -OCH3 is 1. The van der Waals surface area contributed by atoms with Crippen LogP contribution in [0.15, 0.2) is 15.6 Å². The first-order valence-corrected chi connectivity index (χ1v) is 6.18. The van der Waals surface area contributed by atoms with E-state index in [4.69, 9.17) is 20.9 Å². The highest BCUT2D eigenvalue weighted by atomic mass is 35.5. The monoisotopic (exact) mass is 282 g/mol. The summed E-state index contributed by atoms with van der Waals surface area (Å²) < 4.78 is 11.3. The molecule has 2 heterocycles. The summed E-state index contributed by atoms with van der Waals surface area (Å²) in [7, 11) is 1.37. The van der Waals surface area contributed by atoms with Crippen molar-refractivity contribution < 1.29 is 9.26 Å². The Morgan fingerprint density at radius 3 is 3.05 bits per heavy atom. The maximum atomic E-state index is 12.0. The fraction of sp³-hybridized carbons (Fsp3) is 0.455. The molecule has 0 aliphatic heterocycles. The van der Waals surface area contributed by atoms with Crippen molar-refractivity contribution in [1.82, 2.24) is 19.7 Å². The number of aromatic nitrogens is 4. The molecular weight excluding hydrogens is 272 g/mol. The Morgan fingerprint density at radius 1 is 1.58 bits per heavy atom. The summed E-state index contributed by atoms with van der Waals surface area (Å²) >= 11 is 5.76. The summed E-state index contributed by atoms with van der Waals surface area (Å²) in [6, 6.07) is 0. The van der Waals surface area contributed by atoms with Gasteiger partial charge in [0.05, 0.1) is 13.4 Å². The van der Waals surface area contributed by atoms with Gasteiger partial charge in [-0.25, -0.2) is 4.98 Å². The first-order chi connectivity index (χ1) is 9.19. The summed E-state index contributed by atoms with van der Waals surface area (Å²) in [5.74, 6) is 1.49. The zero-order valence-corrected chi connectivity index (χ0v) is 10.9. The maximum absolute atomic E-state index is 12.0. The van der Waals surface area contributed by atoms with E-state index in [9.17, 15) is 4.79 Å². The van der Waals surface area contributed by atoms with Gasteiger partial charge in [-0.3, -0.25) is 9.36 Å². The predicted molar refractivity (Wildman–Crippen MR) is 65.4 cm³/mol. The van der Waals surface area contributed by atoms with E-state index >= 15 is 0 Å². The second kappa shape index (κ2) is 4.65. The number of hydrogen-bond donors (Lipinski definition) is 0. The molecular formula is C11H11ClN4O3. The molecule has 7 nitrogen and oxygen atoms in total. The van der Waals surface area contributed by atoms with E-state index in [0.717, 1.165) is 12.8 Å². The van der Waals surface area contributed by atoms with Crippen molar-refractivity contribution in [2.45, 2.75) is 25.3 Å². The van der Waals surface area contributed by atoms with Gasteiger partial charge in [-0.05, 0) is 12.8 Å². The van der Waals surface area contributed by atoms with Crippen LogP contribution in [-0.2, 0) is 6.54 Å². The summed E-state index contributed by atoms with van der Waals surface area (Å²) in [6.07, 6.45) is 3.51. The van der Waals surface area contributed by atoms with Gasteiger partial charge >= 0.3 is 0 Å². The minimum Gasteiger partial charge on any atom is -0.489 e. The van der Waals surface area contributed by atoms with Crippen LogP contribution in [0.1, 0.15) is 30.5 Å². The van der Waals surface area contributed by atoms with Gasteiger partial charge in [0.1, 0.15) is 6.54 Å². The molecule has 0 unspecified atom stereocenters. The molecule has 1 aliphatic carbocycles. The molecule has 0 aromatic carbocycles. The third kappa shape index (κ3) is 2.33. The van der Waals surface area contributed by atoms with Gasteiger partial charge in [0.2, 0.25) is 11.6 Å². The van der Waals surface area contributed by atoms with Gasteiger partial charge in [0.25, 0.3) is 5.56 Å². The van der Waals surface area contributed by atoms with Gasteiger partial charge in [-0.1, -0.05) is 16.8 Å². The van der Waals surface area contributed by atoms with Crippen LogP contribution < -0.4 is 10.3 Å². The lowest BCUT2D eigenvalue weighted by Crippen LogP contribution is -2.22. The topological polar surface area (TPSA) is 83.0 Å². The maximum Gasteiger partial charge on any atom is 0.297 e. The Bertz CT molecular complexity index is 662. The lowest BCUT2D eigenvalue weighted by atomic mass is 10.4. The molecule has 0 spiro atoms. The van der Waals surface area contributed by atoms with Crippen molar-refractivity contribution >= 4 is 11.6 Å². The fourth-order valence-electron chi connectivity index (χ4n) is 1.72. The second-order valence-corrected chi connectivity index (χ2v) is 4.68. The number of ether oxygens (including phenoxy) is 1. The third-order valence-corrected chi connectivity index (χ3v) is 3.16. The molecule has 0 radical (unpaired) electrons. The molecule has 0 atom stereocenters. The highest BCUT2D eigenvalue weighted by molar-refractivity contribution is 6.30.